The molecule has 0 atom stereocenters. The molecule has 1 aromatic carbocycles. The molecular weight excluding hydrogens is 290 g/mol. The number of benzene rings is 1. The van der Waals surface area contributed by atoms with E-state index in [1.165, 1.54) is 6.08 Å². The van der Waals surface area contributed by atoms with E-state index in [1.54, 1.807) is 13.8 Å². The number of allylic oxidation sites excluding steroid dienone is 1. The predicted octanol–water partition coefficient (Wildman–Crippen LogP) is 3.61. The highest BCUT2D eigenvalue weighted by atomic mass is 35.5. The van der Waals surface area contributed by atoms with Gasteiger partial charge in [0.15, 0.2) is 5.82 Å². The van der Waals surface area contributed by atoms with Crippen molar-refractivity contribution in [1.82, 2.24) is 10.2 Å². The van der Waals surface area contributed by atoms with Gasteiger partial charge < -0.3 is 10.1 Å². The molecule has 0 saturated heterocycles. The normalized spacial score (nSPS) is 11.3. The quantitative estimate of drug-likeness (QED) is 0.654. The smallest absolute Gasteiger partial charge is 0.332 e. The molecule has 5 nitrogen and oxygen atoms in total. The van der Waals surface area contributed by atoms with Crippen LogP contribution in [0.15, 0.2) is 42.1 Å². The molecule has 2 rings (SSSR count). The van der Waals surface area contributed by atoms with E-state index in [0.29, 0.717) is 23.1 Å². The van der Waals surface area contributed by atoms with Gasteiger partial charge in [-0.2, -0.15) is 5.10 Å². The monoisotopic (exact) mass is 305 g/mol. The summed E-state index contributed by atoms with van der Waals surface area (Å²) in [7, 11) is 0. The summed E-state index contributed by atoms with van der Waals surface area (Å²) in [6, 6.07) is 9.29. The van der Waals surface area contributed by atoms with Gasteiger partial charge in [0, 0.05) is 22.9 Å². The zero-order valence-electron chi connectivity index (χ0n) is 11.8. The van der Waals surface area contributed by atoms with Gasteiger partial charge in [-0.15, -0.1) is 0 Å². The number of rotatable bonds is 5. The summed E-state index contributed by atoms with van der Waals surface area (Å²) in [4.78, 5) is 11.3. The second-order valence-electron chi connectivity index (χ2n) is 4.38. The molecule has 0 amide bonds. The lowest BCUT2D eigenvalue weighted by atomic mass is 10.1. The Labute approximate surface area is 128 Å². The lowest BCUT2D eigenvalue weighted by molar-refractivity contribution is -0.137. The van der Waals surface area contributed by atoms with E-state index in [9.17, 15) is 4.79 Å². The number of nitrogens with one attached hydrogen (secondary N) is 2. The molecule has 0 spiro atoms. The molecule has 0 saturated carbocycles. The Balaban J connectivity index is 2.06. The molecule has 0 aliphatic rings. The van der Waals surface area contributed by atoms with Gasteiger partial charge in [-0.25, -0.2) is 4.79 Å². The average Bonchev–Trinajstić information content (AvgIpc) is 2.88. The van der Waals surface area contributed by atoms with Gasteiger partial charge in [-0.3, -0.25) is 5.10 Å². The molecule has 1 aromatic heterocycles. The maximum absolute atomic E-state index is 11.3. The average molecular weight is 306 g/mol. The summed E-state index contributed by atoms with van der Waals surface area (Å²) in [6.07, 6.45) is 1.39. The Kier molecular flexibility index (Phi) is 5.00. The summed E-state index contributed by atoms with van der Waals surface area (Å²) in [5.41, 5.74) is 2.49. The van der Waals surface area contributed by atoms with Crippen molar-refractivity contribution in [2.75, 3.05) is 11.9 Å². The van der Waals surface area contributed by atoms with Crippen LogP contribution >= 0.6 is 11.6 Å². The number of halogens is 1. The second kappa shape index (κ2) is 6.95. The van der Waals surface area contributed by atoms with Crippen LogP contribution in [0.5, 0.6) is 0 Å². The van der Waals surface area contributed by atoms with Gasteiger partial charge in [-0.1, -0.05) is 23.7 Å². The standard InChI is InChI=1S/C15H16ClN3O2/c1-3-21-15(20)8-10(2)17-14-9-13(18-19-14)11-4-6-12(16)7-5-11/h4-9H,3H2,1-2H3,(H2,17,18,19). The molecule has 0 aliphatic heterocycles. The number of H-pyrrole nitrogens is 1. The number of esters is 1. The Morgan fingerprint density at radius 3 is 2.81 bits per heavy atom. The molecule has 2 aromatic rings. The van der Waals surface area contributed by atoms with E-state index >= 15 is 0 Å². The topological polar surface area (TPSA) is 67.0 Å². The van der Waals surface area contributed by atoms with Crippen molar-refractivity contribution in [3.63, 3.8) is 0 Å². The number of aromatic amines is 1. The number of hydrogen-bond acceptors (Lipinski definition) is 4. The van der Waals surface area contributed by atoms with Crippen molar-refractivity contribution in [3.05, 3.63) is 47.1 Å². The van der Waals surface area contributed by atoms with Crippen LogP contribution in [0.2, 0.25) is 5.02 Å². The van der Waals surface area contributed by atoms with E-state index in [4.69, 9.17) is 16.3 Å². The van der Waals surface area contributed by atoms with E-state index in [-0.39, 0.29) is 5.97 Å². The highest BCUT2D eigenvalue weighted by Gasteiger charge is 2.05. The van der Waals surface area contributed by atoms with Crippen molar-refractivity contribution in [1.29, 1.82) is 0 Å². The van der Waals surface area contributed by atoms with Gasteiger partial charge in [0.25, 0.3) is 0 Å². The number of carbonyl (C=O) groups is 1. The highest BCUT2D eigenvalue weighted by Crippen LogP contribution is 2.22. The number of aromatic nitrogens is 2. The molecular formula is C15H16ClN3O2. The first-order chi connectivity index (χ1) is 10.1. The van der Waals surface area contributed by atoms with Crippen LogP contribution < -0.4 is 5.32 Å². The second-order valence-corrected chi connectivity index (χ2v) is 4.81. The fraction of sp³-hybridized carbons (Fsp3) is 0.200. The molecule has 2 N–H and O–H groups in total. The third-order valence-electron chi connectivity index (χ3n) is 2.68. The maximum atomic E-state index is 11.3. The first kappa shape index (κ1) is 15.1. The van der Waals surface area contributed by atoms with Gasteiger partial charge in [0.05, 0.1) is 12.3 Å². The summed E-state index contributed by atoms with van der Waals surface area (Å²) < 4.78 is 4.84. The highest BCUT2D eigenvalue weighted by molar-refractivity contribution is 6.30. The lowest BCUT2D eigenvalue weighted by Gasteiger charge is -2.02. The van der Waals surface area contributed by atoms with Crippen LogP contribution in [0.3, 0.4) is 0 Å². The summed E-state index contributed by atoms with van der Waals surface area (Å²) in [6.45, 7) is 3.89. The van der Waals surface area contributed by atoms with E-state index in [1.807, 2.05) is 30.3 Å². The molecule has 21 heavy (non-hydrogen) atoms. The molecule has 0 aliphatic carbocycles. The van der Waals surface area contributed by atoms with Crippen LogP contribution in [0.4, 0.5) is 5.82 Å². The Bertz CT molecular complexity index is 647. The Hall–Kier alpha value is -2.27. The van der Waals surface area contributed by atoms with Crippen molar-refractivity contribution in [2.45, 2.75) is 13.8 Å². The predicted molar refractivity (Wildman–Crippen MR) is 83.0 cm³/mol. The van der Waals surface area contributed by atoms with E-state index < -0.39 is 0 Å². The number of anilines is 1. The summed E-state index contributed by atoms with van der Waals surface area (Å²) in [5.74, 6) is 0.244. The molecule has 110 valence electrons. The van der Waals surface area contributed by atoms with Crippen LogP contribution in [0.25, 0.3) is 11.3 Å². The third-order valence-corrected chi connectivity index (χ3v) is 2.93. The minimum atomic E-state index is -0.379. The fourth-order valence-corrected chi connectivity index (χ4v) is 1.89. The van der Waals surface area contributed by atoms with Crippen molar-refractivity contribution >= 4 is 23.4 Å². The van der Waals surface area contributed by atoms with Gasteiger partial charge in [0.2, 0.25) is 0 Å². The molecule has 0 unspecified atom stereocenters. The zero-order valence-corrected chi connectivity index (χ0v) is 12.6. The number of ether oxygens (including phenoxy) is 1. The first-order valence-electron chi connectivity index (χ1n) is 6.52. The molecule has 0 fully saturated rings. The minimum absolute atomic E-state index is 0.353. The van der Waals surface area contributed by atoms with Crippen LogP contribution in [-0.4, -0.2) is 22.8 Å². The van der Waals surface area contributed by atoms with Crippen LogP contribution in [0.1, 0.15) is 13.8 Å². The molecule has 0 radical (unpaired) electrons. The molecule has 1 heterocycles. The van der Waals surface area contributed by atoms with Gasteiger partial charge >= 0.3 is 5.97 Å². The van der Waals surface area contributed by atoms with Crippen molar-refractivity contribution in [2.24, 2.45) is 0 Å². The van der Waals surface area contributed by atoms with E-state index in [0.717, 1.165) is 11.3 Å². The minimum Gasteiger partial charge on any atom is -0.463 e. The third kappa shape index (κ3) is 4.36. The van der Waals surface area contributed by atoms with Crippen LogP contribution in [-0.2, 0) is 9.53 Å². The number of carbonyl (C=O) groups excluding carboxylic acids is 1. The van der Waals surface area contributed by atoms with Crippen molar-refractivity contribution in [3.8, 4) is 11.3 Å². The van der Waals surface area contributed by atoms with Crippen LogP contribution in [0, 0.1) is 0 Å². The maximum Gasteiger partial charge on any atom is 0.332 e. The number of nitrogens with zero attached hydrogens (tertiary/aromatic N) is 1. The summed E-state index contributed by atoms with van der Waals surface area (Å²) in [5, 5.41) is 10.8. The fourth-order valence-electron chi connectivity index (χ4n) is 1.76. The SMILES string of the molecule is CCOC(=O)C=C(C)Nc1cc(-c2ccc(Cl)cc2)[nH]n1. The lowest BCUT2D eigenvalue weighted by Crippen LogP contribution is -2.04. The summed E-state index contributed by atoms with van der Waals surface area (Å²) >= 11 is 5.86. The number of hydrogen-bond donors (Lipinski definition) is 2. The van der Waals surface area contributed by atoms with E-state index in [2.05, 4.69) is 15.5 Å². The Morgan fingerprint density at radius 1 is 1.43 bits per heavy atom. The first-order valence-corrected chi connectivity index (χ1v) is 6.89. The molecule has 0 bridgehead atoms. The largest absolute Gasteiger partial charge is 0.463 e. The van der Waals surface area contributed by atoms with Gasteiger partial charge in [-0.05, 0) is 31.5 Å². The Morgan fingerprint density at radius 2 is 2.14 bits per heavy atom. The molecule has 6 heteroatoms. The van der Waals surface area contributed by atoms with Gasteiger partial charge in [0.1, 0.15) is 0 Å². The zero-order chi connectivity index (χ0) is 15.2. The van der Waals surface area contributed by atoms with Crippen molar-refractivity contribution < 1.29 is 9.53 Å².